The van der Waals surface area contributed by atoms with Crippen molar-refractivity contribution < 1.29 is 0 Å². The van der Waals surface area contributed by atoms with Crippen LogP contribution in [0.3, 0.4) is 0 Å². The molecule has 0 saturated carbocycles. The summed E-state index contributed by atoms with van der Waals surface area (Å²) in [6.45, 7) is 8.15. The van der Waals surface area contributed by atoms with Gasteiger partial charge in [-0.2, -0.15) is 0 Å². The van der Waals surface area contributed by atoms with E-state index in [1.165, 1.54) is 16.7 Å². The molecule has 0 aliphatic rings. The molecule has 2 rings (SSSR count). The second kappa shape index (κ2) is 4.05. The van der Waals surface area contributed by atoms with Crippen LogP contribution in [0.25, 0.3) is 11.3 Å². The van der Waals surface area contributed by atoms with Gasteiger partial charge in [-0.05, 0) is 45.4 Å². The van der Waals surface area contributed by atoms with Crippen molar-refractivity contribution in [1.29, 1.82) is 0 Å². The molecule has 1 heterocycles. The van der Waals surface area contributed by atoms with Crippen molar-refractivity contribution in [1.82, 2.24) is 9.97 Å². The van der Waals surface area contributed by atoms with Gasteiger partial charge >= 0.3 is 0 Å². The maximum Gasteiger partial charge on any atom is 0.126 e. The number of hydrogen-bond donors (Lipinski definition) is 0. The Hall–Kier alpha value is -1.70. The van der Waals surface area contributed by atoms with Gasteiger partial charge < -0.3 is 0 Å². The third kappa shape index (κ3) is 2.11. The molecule has 82 valence electrons. The summed E-state index contributed by atoms with van der Waals surface area (Å²) in [5.41, 5.74) is 5.75. The smallest absolute Gasteiger partial charge is 0.126 e. The van der Waals surface area contributed by atoms with Gasteiger partial charge in [0.15, 0.2) is 0 Å². The van der Waals surface area contributed by atoms with Crippen molar-refractivity contribution in [3.8, 4) is 11.3 Å². The molecular formula is C14H16N2. The minimum absolute atomic E-state index is 0.830. The second-order valence-electron chi connectivity index (χ2n) is 4.26. The topological polar surface area (TPSA) is 25.8 Å². The van der Waals surface area contributed by atoms with Gasteiger partial charge in [-0.25, -0.2) is 9.97 Å². The summed E-state index contributed by atoms with van der Waals surface area (Å²) in [5.74, 6) is 0.830. The molecule has 2 aromatic rings. The minimum Gasteiger partial charge on any atom is -0.239 e. The summed E-state index contributed by atoms with van der Waals surface area (Å²) in [4.78, 5) is 8.80. The first-order valence-corrected chi connectivity index (χ1v) is 5.46. The Kier molecular flexibility index (Phi) is 2.73. The van der Waals surface area contributed by atoms with E-state index in [9.17, 15) is 0 Å². The van der Waals surface area contributed by atoms with Gasteiger partial charge in [0.25, 0.3) is 0 Å². The van der Waals surface area contributed by atoms with Crippen molar-refractivity contribution in [3.63, 3.8) is 0 Å². The van der Waals surface area contributed by atoms with E-state index in [1.807, 2.05) is 19.9 Å². The third-order valence-electron chi connectivity index (χ3n) is 2.64. The van der Waals surface area contributed by atoms with E-state index in [0.29, 0.717) is 0 Å². The molecule has 16 heavy (non-hydrogen) atoms. The Balaban J connectivity index is 2.62. The number of nitrogens with zero attached hydrogens (tertiary/aromatic N) is 2. The molecule has 2 heteroatoms. The standard InChI is InChI=1S/C14H16N2/c1-9-5-6-10(2)13(7-9)14-8-11(3)15-12(4)16-14/h5-8H,1-4H3. The average molecular weight is 212 g/mol. The van der Waals surface area contributed by atoms with E-state index in [4.69, 9.17) is 0 Å². The summed E-state index contributed by atoms with van der Waals surface area (Å²) in [6, 6.07) is 8.47. The summed E-state index contributed by atoms with van der Waals surface area (Å²) in [6.07, 6.45) is 0. The van der Waals surface area contributed by atoms with Gasteiger partial charge in [-0.1, -0.05) is 17.7 Å². The average Bonchev–Trinajstić information content (AvgIpc) is 2.20. The van der Waals surface area contributed by atoms with E-state index in [2.05, 4.69) is 42.0 Å². The van der Waals surface area contributed by atoms with Crippen LogP contribution in [0.5, 0.6) is 0 Å². The van der Waals surface area contributed by atoms with Crippen LogP contribution in [0.1, 0.15) is 22.6 Å². The molecule has 1 aromatic heterocycles. The number of hydrogen-bond acceptors (Lipinski definition) is 2. The first-order chi connectivity index (χ1) is 7.56. The normalized spacial score (nSPS) is 10.5. The van der Waals surface area contributed by atoms with Crippen LogP contribution >= 0.6 is 0 Å². The monoisotopic (exact) mass is 212 g/mol. The fraction of sp³-hybridized carbons (Fsp3) is 0.286. The lowest BCUT2D eigenvalue weighted by Gasteiger charge is -2.08. The zero-order valence-corrected chi connectivity index (χ0v) is 10.2. The van der Waals surface area contributed by atoms with Gasteiger partial charge in [0.1, 0.15) is 5.82 Å². The first-order valence-electron chi connectivity index (χ1n) is 5.46. The molecule has 0 aliphatic heterocycles. The SMILES string of the molecule is Cc1ccc(C)c(-c2cc(C)nc(C)n2)c1. The predicted molar refractivity (Wildman–Crippen MR) is 66.4 cm³/mol. The predicted octanol–water partition coefficient (Wildman–Crippen LogP) is 3.38. The Morgan fingerprint density at radius 3 is 2.31 bits per heavy atom. The van der Waals surface area contributed by atoms with Gasteiger partial charge in [0.2, 0.25) is 0 Å². The lowest BCUT2D eigenvalue weighted by molar-refractivity contribution is 1.01. The molecule has 0 spiro atoms. The quantitative estimate of drug-likeness (QED) is 0.724. The maximum absolute atomic E-state index is 4.50. The zero-order valence-electron chi connectivity index (χ0n) is 10.2. The van der Waals surface area contributed by atoms with Crippen molar-refractivity contribution >= 4 is 0 Å². The van der Waals surface area contributed by atoms with Crippen LogP contribution in [-0.4, -0.2) is 9.97 Å². The number of rotatable bonds is 1. The Morgan fingerprint density at radius 2 is 1.62 bits per heavy atom. The summed E-state index contributed by atoms with van der Waals surface area (Å²) >= 11 is 0. The lowest BCUT2D eigenvalue weighted by Crippen LogP contribution is -1.95. The van der Waals surface area contributed by atoms with Gasteiger partial charge in [-0.15, -0.1) is 0 Å². The molecule has 0 saturated heterocycles. The summed E-state index contributed by atoms with van der Waals surface area (Å²) < 4.78 is 0. The maximum atomic E-state index is 4.50. The number of aryl methyl sites for hydroxylation is 4. The second-order valence-corrected chi connectivity index (χ2v) is 4.26. The Labute approximate surface area is 96.4 Å². The van der Waals surface area contributed by atoms with E-state index < -0.39 is 0 Å². The largest absolute Gasteiger partial charge is 0.239 e. The van der Waals surface area contributed by atoms with Crippen molar-refractivity contribution in [2.45, 2.75) is 27.7 Å². The summed E-state index contributed by atoms with van der Waals surface area (Å²) in [7, 11) is 0. The molecule has 1 aromatic carbocycles. The van der Waals surface area contributed by atoms with E-state index in [1.54, 1.807) is 0 Å². The highest BCUT2D eigenvalue weighted by molar-refractivity contribution is 5.64. The van der Waals surface area contributed by atoms with E-state index in [0.717, 1.165) is 17.2 Å². The van der Waals surface area contributed by atoms with E-state index in [-0.39, 0.29) is 0 Å². The highest BCUT2D eigenvalue weighted by Gasteiger charge is 2.05. The molecular weight excluding hydrogens is 196 g/mol. The van der Waals surface area contributed by atoms with Crippen LogP contribution < -0.4 is 0 Å². The molecule has 0 amide bonds. The highest BCUT2D eigenvalue weighted by atomic mass is 14.9. The third-order valence-corrected chi connectivity index (χ3v) is 2.64. The molecule has 0 atom stereocenters. The molecule has 2 nitrogen and oxygen atoms in total. The molecule has 0 fully saturated rings. The van der Waals surface area contributed by atoms with Crippen LogP contribution in [0, 0.1) is 27.7 Å². The number of benzene rings is 1. The van der Waals surface area contributed by atoms with Gasteiger partial charge in [-0.3, -0.25) is 0 Å². The minimum atomic E-state index is 0.830. The highest BCUT2D eigenvalue weighted by Crippen LogP contribution is 2.23. The van der Waals surface area contributed by atoms with E-state index >= 15 is 0 Å². The van der Waals surface area contributed by atoms with Crippen molar-refractivity contribution in [3.05, 3.63) is 46.9 Å². The van der Waals surface area contributed by atoms with Crippen molar-refractivity contribution in [2.24, 2.45) is 0 Å². The van der Waals surface area contributed by atoms with Crippen LogP contribution in [0.15, 0.2) is 24.3 Å². The summed E-state index contributed by atoms with van der Waals surface area (Å²) in [5, 5.41) is 0. The number of aromatic nitrogens is 2. The fourth-order valence-electron chi connectivity index (χ4n) is 1.87. The van der Waals surface area contributed by atoms with Crippen LogP contribution in [0.2, 0.25) is 0 Å². The lowest BCUT2D eigenvalue weighted by atomic mass is 10.0. The molecule has 0 N–H and O–H groups in total. The van der Waals surface area contributed by atoms with Gasteiger partial charge in [0, 0.05) is 11.3 Å². The Bertz CT molecular complexity index is 510. The zero-order chi connectivity index (χ0) is 11.7. The van der Waals surface area contributed by atoms with Gasteiger partial charge in [0.05, 0.1) is 5.69 Å². The fourth-order valence-corrected chi connectivity index (χ4v) is 1.87. The Morgan fingerprint density at radius 1 is 0.875 bits per heavy atom. The molecule has 0 bridgehead atoms. The molecule has 0 radical (unpaired) electrons. The molecule has 0 unspecified atom stereocenters. The van der Waals surface area contributed by atoms with Crippen molar-refractivity contribution in [2.75, 3.05) is 0 Å². The van der Waals surface area contributed by atoms with Crippen LogP contribution in [0.4, 0.5) is 0 Å². The molecule has 0 aliphatic carbocycles. The first kappa shape index (κ1) is 10.8. The van der Waals surface area contributed by atoms with Crippen LogP contribution in [-0.2, 0) is 0 Å².